The molecule has 2 aromatic carbocycles. The number of benzene rings is 2. The van der Waals surface area contributed by atoms with Gasteiger partial charge in [-0.25, -0.2) is 0 Å². The van der Waals surface area contributed by atoms with Crippen molar-refractivity contribution >= 4 is 39.2 Å². The summed E-state index contributed by atoms with van der Waals surface area (Å²) in [5.41, 5.74) is 1.15. The van der Waals surface area contributed by atoms with E-state index in [2.05, 4.69) is 15.9 Å². The minimum atomic E-state index is -0.166. The molecule has 4 rings (SSSR count). The van der Waals surface area contributed by atoms with Gasteiger partial charge < -0.3 is 4.74 Å². The van der Waals surface area contributed by atoms with E-state index in [9.17, 15) is 14.4 Å². The van der Waals surface area contributed by atoms with Gasteiger partial charge in [0, 0.05) is 10.0 Å². The minimum Gasteiger partial charge on any atom is -0.485 e. The minimum absolute atomic E-state index is 0.0767. The van der Waals surface area contributed by atoms with E-state index in [-0.39, 0.29) is 36.0 Å². The van der Waals surface area contributed by atoms with Crippen LogP contribution < -0.4 is 9.64 Å². The van der Waals surface area contributed by atoms with E-state index >= 15 is 0 Å². The van der Waals surface area contributed by atoms with Gasteiger partial charge in [0.25, 0.3) is 0 Å². The van der Waals surface area contributed by atoms with Crippen LogP contribution in [0.15, 0.2) is 53.0 Å². The van der Waals surface area contributed by atoms with Crippen molar-refractivity contribution in [3.05, 3.63) is 58.6 Å². The average Bonchev–Trinajstić information content (AvgIpc) is 2.98. The normalized spacial score (nSPS) is 21.5. The number of ether oxygens (including phenoxy) is 1. The highest BCUT2D eigenvalue weighted by molar-refractivity contribution is 9.10. The van der Waals surface area contributed by atoms with Crippen LogP contribution in [0.25, 0.3) is 0 Å². The second kappa shape index (κ2) is 7.87. The van der Waals surface area contributed by atoms with Crippen molar-refractivity contribution in [1.82, 2.24) is 0 Å². The number of nitrogens with zero attached hydrogens (tertiary/aromatic N) is 1. The van der Waals surface area contributed by atoms with Crippen LogP contribution in [-0.2, 0) is 9.59 Å². The van der Waals surface area contributed by atoms with Crippen molar-refractivity contribution in [1.29, 1.82) is 0 Å². The molecule has 28 heavy (non-hydrogen) atoms. The van der Waals surface area contributed by atoms with Gasteiger partial charge in [0.15, 0.2) is 12.4 Å². The fourth-order valence-corrected chi connectivity index (χ4v) is 4.24. The Hall–Kier alpha value is -2.47. The van der Waals surface area contributed by atoms with Crippen LogP contribution in [-0.4, -0.2) is 24.2 Å². The Bertz CT molecular complexity index is 883. The first-order valence-corrected chi connectivity index (χ1v) is 10.2. The van der Waals surface area contributed by atoms with Crippen molar-refractivity contribution in [3.8, 4) is 5.75 Å². The zero-order valence-corrected chi connectivity index (χ0v) is 16.9. The Labute approximate surface area is 171 Å². The number of halogens is 1. The molecule has 2 aromatic rings. The van der Waals surface area contributed by atoms with Crippen LogP contribution in [0.5, 0.6) is 5.75 Å². The molecule has 144 valence electrons. The molecule has 1 saturated carbocycles. The quantitative estimate of drug-likeness (QED) is 0.509. The van der Waals surface area contributed by atoms with Gasteiger partial charge in [-0.05, 0) is 49.2 Å². The lowest BCUT2D eigenvalue weighted by atomic mass is 9.81. The molecule has 1 saturated heterocycles. The van der Waals surface area contributed by atoms with E-state index in [0.717, 1.165) is 30.2 Å². The number of rotatable bonds is 5. The summed E-state index contributed by atoms with van der Waals surface area (Å²) in [6, 6.07) is 13.9. The van der Waals surface area contributed by atoms with Gasteiger partial charge in [0.1, 0.15) is 5.75 Å². The number of Topliss-reactive ketones (excluding diaryl/α,β-unsaturated/α-hetero) is 1. The Balaban J connectivity index is 1.41. The summed E-state index contributed by atoms with van der Waals surface area (Å²) in [7, 11) is 0. The van der Waals surface area contributed by atoms with Gasteiger partial charge in [-0.15, -0.1) is 0 Å². The van der Waals surface area contributed by atoms with Gasteiger partial charge in [-0.3, -0.25) is 19.3 Å². The predicted molar refractivity (Wildman–Crippen MR) is 108 cm³/mol. The molecular formula is C22H20BrNO4. The van der Waals surface area contributed by atoms with Crippen molar-refractivity contribution in [2.45, 2.75) is 25.7 Å². The van der Waals surface area contributed by atoms with Crippen molar-refractivity contribution in [3.63, 3.8) is 0 Å². The number of carbonyl (C=O) groups excluding carboxylic acids is 3. The Morgan fingerprint density at radius 1 is 0.929 bits per heavy atom. The molecule has 2 aliphatic rings. The highest BCUT2D eigenvalue weighted by Gasteiger charge is 2.48. The number of imide groups is 1. The van der Waals surface area contributed by atoms with E-state index in [1.54, 1.807) is 36.4 Å². The molecule has 0 radical (unpaired) electrons. The first-order valence-electron chi connectivity index (χ1n) is 9.44. The third-order valence-electron chi connectivity index (χ3n) is 5.47. The molecule has 2 amide bonds. The maximum Gasteiger partial charge on any atom is 0.237 e. The molecule has 0 bridgehead atoms. The summed E-state index contributed by atoms with van der Waals surface area (Å²) in [5, 5.41) is 0. The number of hydrogen-bond acceptors (Lipinski definition) is 4. The highest BCUT2D eigenvalue weighted by Crippen LogP contribution is 2.40. The van der Waals surface area contributed by atoms with E-state index in [0.29, 0.717) is 17.0 Å². The van der Waals surface area contributed by atoms with Crippen molar-refractivity contribution in [2.75, 3.05) is 11.5 Å². The summed E-state index contributed by atoms with van der Waals surface area (Å²) >= 11 is 3.34. The lowest BCUT2D eigenvalue weighted by Gasteiger charge is -2.19. The summed E-state index contributed by atoms with van der Waals surface area (Å²) in [6.45, 7) is -0.0767. The van der Waals surface area contributed by atoms with Crippen LogP contribution >= 0.6 is 15.9 Å². The summed E-state index contributed by atoms with van der Waals surface area (Å²) < 4.78 is 6.48. The van der Waals surface area contributed by atoms with Crippen LogP contribution in [0.2, 0.25) is 0 Å². The molecule has 2 fully saturated rings. The molecule has 1 heterocycles. The Kier molecular flexibility index (Phi) is 5.31. The zero-order valence-electron chi connectivity index (χ0n) is 15.3. The molecule has 0 unspecified atom stereocenters. The van der Waals surface area contributed by atoms with Gasteiger partial charge in [0.05, 0.1) is 17.5 Å². The summed E-state index contributed by atoms with van der Waals surface area (Å²) in [6.07, 6.45) is 3.61. The second-order valence-electron chi connectivity index (χ2n) is 7.22. The smallest absolute Gasteiger partial charge is 0.237 e. The fourth-order valence-electron chi connectivity index (χ4n) is 3.98. The van der Waals surface area contributed by atoms with Crippen LogP contribution in [0.3, 0.4) is 0 Å². The maximum absolute atomic E-state index is 12.7. The number of carbonyl (C=O) groups is 3. The average molecular weight is 442 g/mol. The van der Waals surface area contributed by atoms with Crippen molar-refractivity contribution < 1.29 is 19.1 Å². The first kappa shape index (κ1) is 18.9. The van der Waals surface area contributed by atoms with E-state index in [1.165, 1.54) is 4.90 Å². The summed E-state index contributed by atoms with van der Waals surface area (Å²) in [4.78, 5) is 38.8. The number of fused-ring (bicyclic) bond motifs is 1. The van der Waals surface area contributed by atoms with Gasteiger partial charge in [-0.1, -0.05) is 40.9 Å². The van der Waals surface area contributed by atoms with Crippen LogP contribution in [0.1, 0.15) is 36.0 Å². The van der Waals surface area contributed by atoms with Gasteiger partial charge >= 0.3 is 0 Å². The Morgan fingerprint density at radius 3 is 2.07 bits per heavy atom. The zero-order chi connectivity index (χ0) is 19.7. The number of ketones is 1. The molecule has 5 nitrogen and oxygen atoms in total. The van der Waals surface area contributed by atoms with E-state index in [4.69, 9.17) is 4.74 Å². The second-order valence-corrected chi connectivity index (χ2v) is 8.14. The lowest BCUT2D eigenvalue weighted by Crippen LogP contribution is -2.30. The molecule has 1 aliphatic carbocycles. The molecule has 2 atom stereocenters. The molecule has 0 aromatic heterocycles. The van der Waals surface area contributed by atoms with Crippen LogP contribution in [0.4, 0.5) is 5.69 Å². The molecule has 0 N–H and O–H groups in total. The number of anilines is 1. The monoisotopic (exact) mass is 441 g/mol. The third kappa shape index (κ3) is 3.61. The van der Waals surface area contributed by atoms with E-state index < -0.39 is 0 Å². The summed E-state index contributed by atoms with van der Waals surface area (Å²) in [5.74, 6) is -0.111. The lowest BCUT2D eigenvalue weighted by molar-refractivity contribution is -0.122. The highest BCUT2D eigenvalue weighted by atomic mass is 79.9. The van der Waals surface area contributed by atoms with Crippen LogP contribution in [0, 0.1) is 11.8 Å². The largest absolute Gasteiger partial charge is 0.485 e. The Morgan fingerprint density at radius 2 is 1.50 bits per heavy atom. The molecular weight excluding hydrogens is 422 g/mol. The predicted octanol–water partition coefficient (Wildman–Crippen LogP) is 4.39. The van der Waals surface area contributed by atoms with E-state index in [1.807, 2.05) is 12.1 Å². The van der Waals surface area contributed by atoms with Gasteiger partial charge in [-0.2, -0.15) is 0 Å². The number of hydrogen-bond donors (Lipinski definition) is 0. The molecule has 6 heteroatoms. The number of amides is 2. The SMILES string of the molecule is O=C(COc1ccc(N2C(=O)[C@H]3CCCC[C@H]3C2=O)cc1)c1ccc(Br)cc1. The maximum atomic E-state index is 12.7. The molecule has 0 spiro atoms. The standard InChI is InChI=1S/C22H20BrNO4/c23-15-7-5-14(6-8-15)20(25)13-28-17-11-9-16(10-12-17)24-21(26)18-3-1-2-4-19(18)22(24)27/h5-12,18-19H,1-4,13H2/t18-,19+. The first-order chi connectivity index (χ1) is 13.5. The molecule has 1 aliphatic heterocycles. The third-order valence-corrected chi connectivity index (χ3v) is 6.00. The van der Waals surface area contributed by atoms with Crippen molar-refractivity contribution in [2.24, 2.45) is 11.8 Å². The topological polar surface area (TPSA) is 63.7 Å². The fraction of sp³-hybridized carbons (Fsp3) is 0.318. The van der Waals surface area contributed by atoms with Gasteiger partial charge in [0.2, 0.25) is 11.8 Å².